The Morgan fingerprint density at radius 3 is 2.68 bits per heavy atom. The van der Waals surface area contributed by atoms with Gasteiger partial charge in [-0.2, -0.15) is 0 Å². The van der Waals surface area contributed by atoms with Crippen molar-refractivity contribution in [3.63, 3.8) is 0 Å². The van der Waals surface area contributed by atoms with Gasteiger partial charge >= 0.3 is 0 Å². The van der Waals surface area contributed by atoms with E-state index in [1.807, 2.05) is 19.2 Å². The minimum Gasteiger partial charge on any atom is -0.358 e. The van der Waals surface area contributed by atoms with Crippen molar-refractivity contribution in [3.8, 4) is 0 Å². The van der Waals surface area contributed by atoms with Gasteiger partial charge in [0.25, 0.3) is 5.69 Å². The predicted molar refractivity (Wildman–Crippen MR) is 74.4 cm³/mol. The van der Waals surface area contributed by atoms with E-state index in [4.69, 9.17) is 0 Å². The van der Waals surface area contributed by atoms with Crippen molar-refractivity contribution in [1.29, 1.82) is 0 Å². The van der Waals surface area contributed by atoms with E-state index in [1.54, 1.807) is 24.5 Å². The smallest absolute Gasteiger partial charge is 0.287 e. The zero-order valence-electron chi connectivity index (χ0n) is 10.9. The van der Waals surface area contributed by atoms with Crippen LogP contribution in [0.4, 0.5) is 11.5 Å². The van der Waals surface area contributed by atoms with Crippen molar-refractivity contribution < 1.29 is 4.92 Å². The highest BCUT2D eigenvalue weighted by Gasteiger charge is 2.24. The summed E-state index contributed by atoms with van der Waals surface area (Å²) in [6.45, 7) is 5.78. The molecule has 2 aromatic rings. The van der Waals surface area contributed by atoms with Crippen LogP contribution >= 0.6 is 11.3 Å². The molecule has 0 radical (unpaired) electrons. The molecule has 2 aromatic heterocycles. The van der Waals surface area contributed by atoms with E-state index >= 15 is 0 Å². The third-order valence-electron chi connectivity index (χ3n) is 2.67. The number of nitrogens with zero attached hydrogens (tertiary/aromatic N) is 3. The van der Waals surface area contributed by atoms with Crippen LogP contribution < -0.4 is 5.32 Å². The number of aryl methyl sites for hydroxylation is 1. The molecular weight excluding hydrogens is 264 g/mol. The first-order valence-electron chi connectivity index (χ1n) is 5.69. The molecule has 2 heterocycles. The van der Waals surface area contributed by atoms with E-state index in [9.17, 15) is 10.1 Å². The number of nitrogens with one attached hydrogen (secondary N) is 1. The quantitative estimate of drug-likeness (QED) is 0.686. The van der Waals surface area contributed by atoms with Crippen LogP contribution in [0.3, 0.4) is 0 Å². The third kappa shape index (κ3) is 2.87. The summed E-state index contributed by atoms with van der Waals surface area (Å²) in [4.78, 5) is 18.6. The summed E-state index contributed by atoms with van der Waals surface area (Å²) in [7, 11) is 0. The SMILES string of the molecule is Cc1cc([N+](=O)[O-])cnc1NC(C)(C)c1nccs1. The molecule has 2 rings (SSSR count). The molecule has 0 saturated heterocycles. The average Bonchev–Trinajstić information content (AvgIpc) is 2.85. The Morgan fingerprint density at radius 1 is 1.42 bits per heavy atom. The van der Waals surface area contributed by atoms with Gasteiger partial charge in [-0.05, 0) is 26.3 Å². The van der Waals surface area contributed by atoms with Crippen molar-refractivity contribution in [2.75, 3.05) is 5.32 Å². The molecule has 0 aliphatic heterocycles. The van der Waals surface area contributed by atoms with E-state index < -0.39 is 4.92 Å². The largest absolute Gasteiger partial charge is 0.358 e. The first kappa shape index (κ1) is 13.4. The Bertz CT molecular complexity index is 596. The van der Waals surface area contributed by atoms with Gasteiger partial charge in [0.05, 0.1) is 10.5 Å². The normalized spacial score (nSPS) is 11.3. The summed E-state index contributed by atoms with van der Waals surface area (Å²) in [5.41, 5.74) is 0.358. The Morgan fingerprint density at radius 2 is 2.16 bits per heavy atom. The summed E-state index contributed by atoms with van der Waals surface area (Å²) in [6, 6.07) is 1.51. The fourth-order valence-corrected chi connectivity index (χ4v) is 2.39. The fourth-order valence-electron chi connectivity index (χ4n) is 1.67. The molecule has 0 saturated carbocycles. The van der Waals surface area contributed by atoms with Crippen LogP contribution in [0.25, 0.3) is 0 Å². The third-order valence-corrected chi connectivity index (χ3v) is 3.77. The number of rotatable bonds is 4. The Labute approximate surface area is 114 Å². The van der Waals surface area contributed by atoms with Gasteiger partial charge < -0.3 is 5.32 Å². The van der Waals surface area contributed by atoms with Gasteiger partial charge in [-0.15, -0.1) is 11.3 Å². The van der Waals surface area contributed by atoms with E-state index in [1.165, 1.54) is 12.3 Å². The number of aromatic nitrogens is 2. The standard InChI is InChI=1S/C12H14N4O2S/c1-8-6-9(16(17)18)7-14-10(8)15-12(2,3)11-13-4-5-19-11/h4-7H,1-3H3,(H,14,15). The number of anilines is 1. The van der Waals surface area contributed by atoms with Crippen molar-refractivity contribution in [2.45, 2.75) is 26.3 Å². The van der Waals surface area contributed by atoms with Crippen LogP contribution in [0.2, 0.25) is 0 Å². The van der Waals surface area contributed by atoms with Crippen LogP contribution in [-0.4, -0.2) is 14.9 Å². The summed E-state index contributed by atoms with van der Waals surface area (Å²) in [5.74, 6) is 0.630. The van der Waals surface area contributed by atoms with Crippen molar-refractivity contribution in [2.24, 2.45) is 0 Å². The lowest BCUT2D eigenvalue weighted by molar-refractivity contribution is -0.385. The zero-order valence-corrected chi connectivity index (χ0v) is 11.7. The van der Waals surface area contributed by atoms with Gasteiger partial charge in [0.1, 0.15) is 17.0 Å². The maximum Gasteiger partial charge on any atom is 0.287 e. The second-order valence-corrected chi connectivity index (χ2v) is 5.60. The first-order chi connectivity index (χ1) is 8.90. The average molecular weight is 278 g/mol. The van der Waals surface area contributed by atoms with Crippen LogP contribution in [-0.2, 0) is 5.54 Å². The van der Waals surface area contributed by atoms with Crippen LogP contribution in [0.15, 0.2) is 23.8 Å². The van der Waals surface area contributed by atoms with E-state index in [2.05, 4.69) is 15.3 Å². The second-order valence-electron chi connectivity index (χ2n) is 4.70. The van der Waals surface area contributed by atoms with Crippen LogP contribution in [0, 0.1) is 17.0 Å². The minimum absolute atomic E-state index is 0.00453. The van der Waals surface area contributed by atoms with Crippen molar-refractivity contribution >= 4 is 22.8 Å². The number of hydrogen-bond donors (Lipinski definition) is 1. The molecule has 0 aliphatic rings. The van der Waals surface area contributed by atoms with Gasteiger partial charge in [-0.3, -0.25) is 10.1 Å². The summed E-state index contributed by atoms with van der Waals surface area (Å²) >= 11 is 1.55. The van der Waals surface area contributed by atoms with Gasteiger partial charge in [-0.1, -0.05) is 0 Å². The molecule has 0 unspecified atom stereocenters. The van der Waals surface area contributed by atoms with Gasteiger partial charge in [-0.25, -0.2) is 9.97 Å². The van der Waals surface area contributed by atoms with Crippen LogP contribution in [0.5, 0.6) is 0 Å². The first-order valence-corrected chi connectivity index (χ1v) is 6.57. The minimum atomic E-state index is -0.449. The zero-order chi connectivity index (χ0) is 14.0. The Kier molecular flexibility index (Phi) is 3.48. The molecule has 0 aromatic carbocycles. The Hall–Kier alpha value is -2.02. The molecule has 0 spiro atoms. The lowest BCUT2D eigenvalue weighted by atomic mass is 10.1. The monoisotopic (exact) mass is 278 g/mol. The summed E-state index contributed by atoms with van der Waals surface area (Å²) in [5, 5.41) is 16.8. The number of pyridine rings is 1. The number of thiazole rings is 1. The molecule has 0 amide bonds. The molecule has 0 aliphatic carbocycles. The van der Waals surface area contributed by atoms with Crippen LogP contribution in [0.1, 0.15) is 24.4 Å². The van der Waals surface area contributed by atoms with Crippen molar-refractivity contribution in [1.82, 2.24) is 9.97 Å². The maximum absolute atomic E-state index is 10.7. The number of nitro groups is 1. The molecule has 6 nitrogen and oxygen atoms in total. The van der Waals surface area contributed by atoms with Gasteiger partial charge in [0.2, 0.25) is 0 Å². The topological polar surface area (TPSA) is 81.0 Å². The molecule has 1 N–H and O–H groups in total. The maximum atomic E-state index is 10.7. The Balaban J connectivity index is 2.27. The fraction of sp³-hybridized carbons (Fsp3) is 0.333. The van der Waals surface area contributed by atoms with Gasteiger partial charge in [0, 0.05) is 17.6 Å². The van der Waals surface area contributed by atoms with E-state index in [0.717, 1.165) is 10.6 Å². The molecule has 100 valence electrons. The summed E-state index contributed by atoms with van der Waals surface area (Å²) in [6.07, 6.45) is 3.01. The second kappa shape index (κ2) is 4.93. The van der Waals surface area contributed by atoms with Crippen molar-refractivity contribution in [3.05, 3.63) is 44.5 Å². The highest BCUT2D eigenvalue weighted by atomic mass is 32.1. The lowest BCUT2D eigenvalue weighted by Crippen LogP contribution is -2.28. The molecular formula is C12H14N4O2S. The van der Waals surface area contributed by atoms with E-state index in [-0.39, 0.29) is 11.2 Å². The molecule has 7 heteroatoms. The predicted octanol–water partition coefficient (Wildman–Crippen LogP) is 3.10. The summed E-state index contributed by atoms with van der Waals surface area (Å²) < 4.78 is 0. The lowest BCUT2D eigenvalue weighted by Gasteiger charge is -2.25. The number of hydrogen-bond acceptors (Lipinski definition) is 6. The molecule has 0 atom stereocenters. The highest BCUT2D eigenvalue weighted by Crippen LogP contribution is 2.28. The van der Waals surface area contributed by atoms with Gasteiger partial charge in [0.15, 0.2) is 0 Å². The van der Waals surface area contributed by atoms with E-state index in [0.29, 0.717) is 5.82 Å². The molecule has 0 fully saturated rings. The molecule has 0 bridgehead atoms. The molecule has 19 heavy (non-hydrogen) atoms. The highest BCUT2D eigenvalue weighted by molar-refractivity contribution is 7.09.